The van der Waals surface area contributed by atoms with Crippen molar-refractivity contribution in [2.45, 2.75) is 50.8 Å². The van der Waals surface area contributed by atoms with Gasteiger partial charge in [-0.25, -0.2) is 0 Å². The molecule has 104 valence electrons. The van der Waals surface area contributed by atoms with Crippen LogP contribution in [0.3, 0.4) is 0 Å². The minimum atomic E-state index is 0.432. The van der Waals surface area contributed by atoms with Crippen molar-refractivity contribution in [1.82, 2.24) is 24.5 Å². The molecule has 0 bridgehead atoms. The fourth-order valence-corrected chi connectivity index (χ4v) is 2.72. The molecule has 0 aliphatic carbocycles. The number of nitrogens with two attached hydrogens (primary N) is 1. The minimum absolute atomic E-state index is 0.432. The van der Waals surface area contributed by atoms with Gasteiger partial charge in [0.15, 0.2) is 5.16 Å². The Hall–Kier alpha value is -1.34. The summed E-state index contributed by atoms with van der Waals surface area (Å²) in [6.45, 7) is 6.46. The smallest absolute Gasteiger partial charge is 0.191 e. The van der Waals surface area contributed by atoms with E-state index in [1.165, 1.54) is 5.56 Å². The Bertz CT molecular complexity index is 518. The summed E-state index contributed by atoms with van der Waals surface area (Å²) in [7, 11) is 0. The van der Waals surface area contributed by atoms with Crippen molar-refractivity contribution in [2.24, 2.45) is 5.73 Å². The molecule has 0 aliphatic heterocycles. The summed E-state index contributed by atoms with van der Waals surface area (Å²) < 4.78 is 4.03. The lowest BCUT2D eigenvalue weighted by Gasteiger charge is -2.06. The number of aryl methyl sites for hydroxylation is 1. The van der Waals surface area contributed by atoms with Crippen LogP contribution in [0.15, 0.2) is 17.6 Å². The van der Waals surface area contributed by atoms with Crippen LogP contribution in [0.1, 0.15) is 31.7 Å². The minimum Gasteiger partial charge on any atom is -0.324 e. The standard InChI is InChI=1S/C12H20N6S/c1-3-5-18-11(6-13)15-16-12(18)19-9-10-7-14-17(4-2)8-10/h7-8H,3-6,9,13H2,1-2H3. The Labute approximate surface area is 117 Å². The average Bonchev–Trinajstić information content (AvgIpc) is 3.03. The predicted octanol–water partition coefficient (Wildman–Crippen LogP) is 1.66. The molecule has 0 atom stereocenters. The van der Waals surface area contributed by atoms with Crippen LogP contribution in [0.25, 0.3) is 0 Å². The van der Waals surface area contributed by atoms with Gasteiger partial charge >= 0.3 is 0 Å². The van der Waals surface area contributed by atoms with E-state index >= 15 is 0 Å². The molecule has 2 aromatic rings. The molecule has 2 heterocycles. The third-order valence-electron chi connectivity index (χ3n) is 2.80. The summed E-state index contributed by atoms with van der Waals surface area (Å²) in [6, 6.07) is 0. The first-order valence-electron chi connectivity index (χ1n) is 6.54. The third kappa shape index (κ3) is 3.36. The molecule has 0 aliphatic rings. The monoisotopic (exact) mass is 280 g/mol. The second kappa shape index (κ2) is 6.72. The van der Waals surface area contributed by atoms with Gasteiger partial charge < -0.3 is 10.3 Å². The zero-order valence-electron chi connectivity index (χ0n) is 11.4. The highest BCUT2D eigenvalue weighted by Crippen LogP contribution is 2.22. The van der Waals surface area contributed by atoms with Gasteiger partial charge in [0, 0.05) is 30.6 Å². The predicted molar refractivity (Wildman–Crippen MR) is 75.7 cm³/mol. The van der Waals surface area contributed by atoms with Gasteiger partial charge in [-0.3, -0.25) is 4.68 Å². The van der Waals surface area contributed by atoms with Crippen LogP contribution in [0.2, 0.25) is 0 Å². The summed E-state index contributed by atoms with van der Waals surface area (Å²) in [5.41, 5.74) is 6.88. The summed E-state index contributed by atoms with van der Waals surface area (Å²) in [6.07, 6.45) is 5.02. The Kier molecular flexibility index (Phi) is 4.98. The van der Waals surface area contributed by atoms with Gasteiger partial charge in [0.2, 0.25) is 0 Å². The number of aromatic nitrogens is 5. The summed E-state index contributed by atoms with van der Waals surface area (Å²) in [4.78, 5) is 0. The van der Waals surface area contributed by atoms with Crippen LogP contribution < -0.4 is 5.73 Å². The molecule has 2 rings (SSSR count). The van der Waals surface area contributed by atoms with E-state index < -0.39 is 0 Å². The van der Waals surface area contributed by atoms with E-state index in [-0.39, 0.29) is 0 Å². The maximum absolute atomic E-state index is 5.68. The Morgan fingerprint density at radius 3 is 2.79 bits per heavy atom. The van der Waals surface area contributed by atoms with Crippen molar-refractivity contribution in [1.29, 1.82) is 0 Å². The average molecular weight is 280 g/mol. The second-order valence-electron chi connectivity index (χ2n) is 4.25. The molecular formula is C12H20N6S. The van der Waals surface area contributed by atoms with Crippen molar-refractivity contribution in [3.8, 4) is 0 Å². The fraction of sp³-hybridized carbons (Fsp3) is 0.583. The molecule has 0 saturated heterocycles. The second-order valence-corrected chi connectivity index (χ2v) is 5.19. The lowest BCUT2D eigenvalue weighted by Crippen LogP contribution is -2.09. The van der Waals surface area contributed by atoms with E-state index in [0.717, 1.165) is 36.2 Å². The van der Waals surface area contributed by atoms with Crippen LogP contribution in [-0.4, -0.2) is 24.5 Å². The molecule has 2 aromatic heterocycles. The highest BCUT2D eigenvalue weighted by atomic mass is 32.2. The molecule has 0 aromatic carbocycles. The Morgan fingerprint density at radius 2 is 2.16 bits per heavy atom. The van der Waals surface area contributed by atoms with Gasteiger partial charge in [-0.2, -0.15) is 5.10 Å². The van der Waals surface area contributed by atoms with E-state index in [4.69, 9.17) is 5.73 Å². The molecule has 0 fully saturated rings. The van der Waals surface area contributed by atoms with Crippen molar-refractivity contribution >= 4 is 11.8 Å². The van der Waals surface area contributed by atoms with E-state index in [2.05, 4.69) is 39.9 Å². The summed E-state index contributed by atoms with van der Waals surface area (Å²) in [5.74, 6) is 1.71. The number of hydrogen-bond donors (Lipinski definition) is 1. The Morgan fingerprint density at radius 1 is 1.32 bits per heavy atom. The summed E-state index contributed by atoms with van der Waals surface area (Å²) >= 11 is 1.68. The SMILES string of the molecule is CCCn1c(CN)nnc1SCc1cnn(CC)c1. The molecule has 6 nitrogen and oxygen atoms in total. The van der Waals surface area contributed by atoms with Gasteiger partial charge in [-0.15, -0.1) is 10.2 Å². The first kappa shape index (κ1) is 14.1. The molecule has 7 heteroatoms. The largest absolute Gasteiger partial charge is 0.324 e. The van der Waals surface area contributed by atoms with Crippen molar-refractivity contribution in [3.05, 3.63) is 23.8 Å². The van der Waals surface area contributed by atoms with E-state index in [1.54, 1.807) is 11.8 Å². The van der Waals surface area contributed by atoms with Gasteiger partial charge in [0.1, 0.15) is 5.82 Å². The molecule has 0 amide bonds. The van der Waals surface area contributed by atoms with Crippen molar-refractivity contribution in [2.75, 3.05) is 0 Å². The van der Waals surface area contributed by atoms with E-state index in [1.807, 2.05) is 10.9 Å². The fourth-order valence-electron chi connectivity index (χ4n) is 1.83. The quantitative estimate of drug-likeness (QED) is 0.781. The van der Waals surface area contributed by atoms with Crippen LogP contribution in [-0.2, 0) is 25.4 Å². The molecular weight excluding hydrogens is 260 g/mol. The lowest BCUT2D eigenvalue weighted by atomic mass is 10.4. The maximum atomic E-state index is 5.68. The van der Waals surface area contributed by atoms with Gasteiger partial charge in [-0.05, 0) is 13.3 Å². The zero-order valence-corrected chi connectivity index (χ0v) is 12.2. The highest BCUT2D eigenvalue weighted by molar-refractivity contribution is 7.98. The highest BCUT2D eigenvalue weighted by Gasteiger charge is 2.11. The molecule has 0 radical (unpaired) electrons. The molecule has 2 N–H and O–H groups in total. The number of thioether (sulfide) groups is 1. The molecule has 0 spiro atoms. The molecule has 0 saturated carbocycles. The molecule has 0 unspecified atom stereocenters. The van der Waals surface area contributed by atoms with Gasteiger partial charge in [0.25, 0.3) is 0 Å². The van der Waals surface area contributed by atoms with E-state index in [9.17, 15) is 0 Å². The third-order valence-corrected chi connectivity index (χ3v) is 3.84. The van der Waals surface area contributed by atoms with Crippen LogP contribution >= 0.6 is 11.8 Å². The number of rotatable bonds is 7. The lowest BCUT2D eigenvalue weighted by molar-refractivity contribution is 0.592. The normalized spacial score (nSPS) is 11.1. The van der Waals surface area contributed by atoms with Crippen LogP contribution in [0.4, 0.5) is 0 Å². The van der Waals surface area contributed by atoms with Gasteiger partial charge in [-0.1, -0.05) is 18.7 Å². The maximum Gasteiger partial charge on any atom is 0.191 e. The number of nitrogens with zero attached hydrogens (tertiary/aromatic N) is 5. The van der Waals surface area contributed by atoms with Crippen LogP contribution in [0.5, 0.6) is 0 Å². The first-order valence-corrected chi connectivity index (χ1v) is 7.53. The first-order chi connectivity index (χ1) is 9.28. The van der Waals surface area contributed by atoms with Gasteiger partial charge in [0.05, 0.1) is 12.7 Å². The zero-order chi connectivity index (χ0) is 13.7. The summed E-state index contributed by atoms with van der Waals surface area (Å²) in [5, 5.41) is 13.6. The van der Waals surface area contributed by atoms with Crippen molar-refractivity contribution in [3.63, 3.8) is 0 Å². The van der Waals surface area contributed by atoms with Crippen LogP contribution in [0, 0.1) is 0 Å². The topological polar surface area (TPSA) is 74.6 Å². The van der Waals surface area contributed by atoms with E-state index in [0.29, 0.717) is 6.54 Å². The van der Waals surface area contributed by atoms with Crippen molar-refractivity contribution < 1.29 is 0 Å². The molecule has 19 heavy (non-hydrogen) atoms. The number of hydrogen-bond acceptors (Lipinski definition) is 5. The Balaban J connectivity index is 2.04.